The van der Waals surface area contributed by atoms with Crippen molar-refractivity contribution in [2.24, 2.45) is 11.8 Å². The van der Waals surface area contributed by atoms with Crippen LogP contribution in [0.25, 0.3) is 0 Å². The number of hydrogen-bond acceptors (Lipinski definition) is 7. The third-order valence-corrected chi connectivity index (χ3v) is 5.98. The summed E-state index contributed by atoms with van der Waals surface area (Å²) >= 11 is 0. The highest BCUT2D eigenvalue weighted by molar-refractivity contribution is 5.95. The first kappa shape index (κ1) is 25.7. The van der Waals surface area contributed by atoms with Gasteiger partial charge in [-0.05, 0) is 39.5 Å². The number of allylic oxidation sites excluding steroid dienone is 4. The molecule has 4 atom stereocenters. The molecule has 1 fully saturated rings. The van der Waals surface area contributed by atoms with Crippen LogP contribution in [-0.4, -0.2) is 44.1 Å². The monoisotopic (exact) mass is 448 g/mol. The van der Waals surface area contributed by atoms with Crippen molar-refractivity contribution in [1.82, 2.24) is 0 Å². The van der Waals surface area contributed by atoms with Crippen LogP contribution in [-0.2, 0) is 33.3 Å². The number of carbonyl (C=O) groups excluding carboxylic acids is 3. The third kappa shape index (κ3) is 6.97. The van der Waals surface area contributed by atoms with Crippen molar-refractivity contribution in [2.75, 3.05) is 14.2 Å². The molecule has 0 bridgehead atoms. The summed E-state index contributed by atoms with van der Waals surface area (Å²) in [5.74, 6) is -0.485. The van der Waals surface area contributed by atoms with E-state index < -0.39 is 12.1 Å². The molecule has 1 saturated heterocycles. The minimum Gasteiger partial charge on any atom is -0.493 e. The summed E-state index contributed by atoms with van der Waals surface area (Å²) < 4.78 is 21.4. The number of ketones is 1. The Bertz CT molecular complexity index is 805. The number of esters is 2. The van der Waals surface area contributed by atoms with Crippen molar-refractivity contribution < 1.29 is 33.3 Å². The van der Waals surface area contributed by atoms with Crippen LogP contribution in [0.4, 0.5) is 0 Å². The molecule has 0 spiro atoms. The van der Waals surface area contributed by atoms with Crippen molar-refractivity contribution in [3.05, 3.63) is 34.8 Å². The van der Waals surface area contributed by atoms with E-state index in [0.29, 0.717) is 6.42 Å². The van der Waals surface area contributed by atoms with Crippen LogP contribution >= 0.6 is 0 Å². The maximum atomic E-state index is 12.4. The zero-order chi connectivity index (χ0) is 23.8. The lowest BCUT2D eigenvalue weighted by molar-refractivity contribution is -0.151. The van der Waals surface area contributed by atoms with Gasteiger partial charge in [-0.25, -0.2) is 0 Å². The average Bonchev–Trinajstić information content (AvgIpc) is 3.03. The van der Waals surface area contributed by atoms with Crippen molar-refractivity contribution >= 4 is 17.7 Å². The highest BCUT2D eigenvalue weighted by atomic mass is 16.6. The zero-order valence-corrected chi connectivity index (χ0v) is 20.1. The topological polar surface area (TPSA) is 88.1 Å². The van der Waals surface area contributed by atoms with E-state index in [1.807, 2.05) is 6.92 Å². The second kappa shape index (κ2) is 11.9. The van der Waals surface area contributed by atoms with Crippen LogP contribution in [0.2, 0.25) is 0 Å². The van der Waals surface area contributed by atoms with Gasteiger partial charge in [0.1, 0.15) is 6.10 Å². The van der Waals surface area contributed by atoms with E-state index in [1.54, 1.807) is 0 Å². The summed E-state index contributed by atoms with van der Waals surface area (Å²) in [5, 5.41) is 0. The number of ether oxygens (including phenoxy) is 4. The van der Waals surface area contributed by atoms with Crippen molar-refractivity contribution in [1.29, 1.82) is 0 Å². The second-order valence-electron chi connectivity index (χ2n) is 8.79. The maximum Gasteiger partial charge on any atom is 0.309 e. The number of rotatable bonds is 10. The maximum absolute atomic E-state index is 12.4. The molecule has 2 aliphatic rings. The molecule has 2 rings (SSSR count). The molecule has 0 aromatic heterocycles. The molecular formula is C25H36O7. The average molecular weight is 449 g/mol. The summed E-state index contributed by atoms with van der Waals surface area (Å²) in [6.45, 7) is 7.38. The first-order valence-corrected chi connectivity index (χ1v) is 11.2. The molecule has 1 aliphatic heterocycles. The Morgan fingerprint density at radius 2 is 1.81 bits per heavy atom. The van der Waals surface area contributed by atoms with Gasteiger partial charge in [-0.3, -0.25) is 14.4 Å². The fourth-order valence-electron chi connectivity index (χ4n) is 4.26. The van der Waals surface area contributed by atoms with E-state index in [0.717, 1.165) is 25.7 Å². The largest absolute Gasteiger partial charge is 0.493 e. The summed E-state index contributed by atoms with van der Waals surface area (Å²) in [6.07, 6.45) is 7.80. The molecular weight excluding hydrogens is 412 g/mol. The molecule has 32 heavy (non-hydrogen) atoms. The third-order valence-electron chi connectivity index (χ3n) is 5.98. The standard InChI is InChI=1S/C25H36O7/c1-15(8-7-9-16(2)12-20-13-17(3)25(28)32-20)10-11-19-14-21(27)23(29-5)24(30-6)22(19)31-18(4)26/h9-10,17,19-20,22H,7-8,11-14H2,1-6H3/b15-10+,16-9+/t17?,19-,20?,22?/m1/s1. The Kier molecular flexibility index (Phi) is 9.54. The summed E-state index contributed by atoms with van der Waals surface area (Å²) in [5.41, 5.74) is 2.42. The number of methoxy groups -OCH3 is 2. The van der Waals surface area contributed by atoms with Gasteiger partial charge in [-0.1, -0.05) is 30.2 Å². The van der Waals surface area contributed by atoms with Gasteiger partial charge in [0.25, 0.3) is 0 Å². The zero-order valence-electron chi connectivity index (χ0n) is 20.1. The molecule has 0 radical (unpaired) electrons. The van der Waals surface area contributed by atoms with E-state index in [-0.39, 0.29) is 47.6 Å². The Hall–Kier alpha value is -2.57. The van der Waals surface area contributed by atoms with Gasteiger partial charge < -0.3 is 18.9 Å². The molecule has 7 nitrogen and oxygen atoms in total. The predicted octanol–water partition coefficient (Wildman–Crippen LogP) is 4.42. The molecule has 0 amide bonds. The van der Waals surface area contributed by atoms with Crippen molar-refractivity contribution in [3.63, 3.8) is 0 Å². The van der Waals surface area contributed by atoms with Crippen LogP contribution in [0, 0.1) is 11.8 Å². The van der Waals surface area contributed by atoms with Gasteiger partial charge in [0.2, 0.25) is 11.5 Å². The van der Waals surface area contributed by atoms with Gasteiger partial charge in [0.05, 0.1) is 20.1 Å². The van der Waals surface area contributed by atoms with Crippen LogP contribution in [0.1, 0.15) is 66.2 Å². The van der Waals surface area contributed by atoms with Gasteiger partial charge in [0.15, 0.2) is 11.9 Å². The molecule has 3 unspecified atom stereocenters. The number of cyclic esters (lactones) is 1. The van der Waals surface area contributed by atoms with Gasteiger partial charge in [-0.15, -0.1) is 0 Å². The summed E-state index contributed by atoms with van der Waals surface area (Å²) in [4.78, 5) is 35.6. The minimum absolute atomic E-state index is 0.00566. The molecule has 0 saturated carbocycles. The van der Waals surface area contributed by atoms with E-state index in [1.165, 1.54) is 32.3 Å². The molecule has 0 aromatic carbocycles. The van der Waals surface area contributed by atoms with Crippen LogP contribution in [0.3, 0.4) is 0 Å². The fourth-order valence-corrected chi connectivity index (χ4v) is 4.26. The molecule has 0 N–H and O–H groups in total. The lowest BCUT2D eigenvalue weighted by Gasteiger charge is -2.31. The van der Waals surface area contributed by atoms with Gasteiger partial charge in [-0.2, -0.15) is 0 Å². The van der Waals surface area contributed by atoms with Crippen LogP contribution in [0.5, 0.6) is 0 Å². The lowest BCUT2D eigenvalue weighted by Crippen LogP contribution is -2.37. The highest BCUT2D eigenvalue weighted by Crippen LogP contribution is 2.34. The van der Waals surface area contributed by atoms with Crippen molar-refractivity contribution in [3.8, 4) is 0 Å². The Morgan fingerprint density at radius 3 is 2.38 bits per heavy atom. The molecule has 7 heteroatoms. The van der Waals surface area contributed by atoms with E-state index in [4.69, 9.17) is 18.9 Å². The first-order valence-electron chi connectivity index (χ1n) is 11.2. The Morgan fingerprint density at radius 1 is 1.09 bits per heavy atom. The van der Waals surface area contributed by atoms with Crippen LogP contribution < -0.4 is 0 Å². The Balaban J connectivity index is 1.94. The van der Waals surface area contributed by atoms with Gasteiger partial charge >= 0.3 is 11.9 Å². The fraction of sp³-hybridized carbons (Fsp3) is 0.640. The molecule has 1 aliphatic carbocycles. The quantitative estimate of drug-likeness (QED) is 0.361. The SMILES string of the molecule is COC1=C(OC)C(OC(C)=O)[C@H](C/C=C(\C)CC/C=C(\C)CC2CC(C)C(=O)O2)CC1=O. The number of hydrogen-bond donors (Lipinski definition) is 0. The van der Waals surface area contributed by atoms with E-state index >= 15 is 0 Å². The second-order valence-corrected chi connectivity index (χ2v) is 8.79. The highest BCUT2D eigenvalue weighted by Gasteiger charge is 2.40. The first-order chi connectivity index (χ1) is 15.2. The summed E-state index contributed by atoms with van der Waals surface area (Å²) in [6, 6.07) is 0. The summed E-state index contributed by atoms with van der Waals surface area (Å²) in [7, 11) is 2.86. The van der Waals surface area contributed by atoms with E-state index in [2.05, 4.69) is 26.0 Å². The Labute approximate surface area is 190 Å². The number of Topliss-reactive ketones (excluding diaryl/α,β-unsaturated/α-hetero) is 1. The smallest absolute Gasteiger partial charge is 0.309 e. The van der Waals surface area contributed by atoms with Crippen LogP contribution in [0.15, 0.2) is 34.8 Å². The predicted molar refractivity (Wildman–Crippen MR) is 119 cm³/mol. The normalized spacial score (nSPS) is 26.8. The molecule has 178 valence electrons. The minimum atomic E-state index is -0.646. The molecule has 1 heterocycles. The van der Waals surface area contributed by atoms with E-state index in [9.17, 15) is 14.4 Å². The lowest BCUT2D eigenvalue weighted by atomic mass is 9.85. The van der Waals surface area contributed by atoms with Crippen molar-refractivity contribution in [2.45, 2.75) is 78.4 Å². The number of carbonyl (C=O) groups is 3. The van der Waals surface area contributed by atoms with Gasteiger partial charge in [0, 0.05) is 25.7 Å². The molecule has 0 aromatic rings.